The monoisotopic (exact) mass is 376 g/mol. The van der Waals surface area contributed by atoms with Crippen molar-refractivity contribution in [3.63, 3.8) is 0 Å². The van der Waals surface area contributed by atoms with Crippen molar-refractivity contribution in [1.29, 1.82) is 0 Å². The number of benzene rings is 1. The average Bonchev–Trinajstić information content (AvgIpc) is 2.31. The van der Waals surface area contributed by atoms with E-state index in [-0.39, 0.29) is 12.5 Å². The van der Waals surface area contributed by atoms with Crippen LogP contribution in [0.2, 0.25) is 0 Å². The van der Waals surface area contributed by atoms with Crippen LogP contribution in [0.15, 0.2) is 24.3 Å². The van der Waals surface area contributed by atoms with Gasteiger partial charge >= 0.3 is 0 Å². The minimum atomic E-state index is -1.21. The summed E-state index contributed by atoms with van der Waals surface area (Å²) in [6.45, 7) is 1.38. The fourth-order valence-corrected chi connectivity index (χ4v) is 2.24. The first kappa shape index (κ1) is 15.9. The summed E-state index contributed by atoms with van der Waals surface area (Å²) in [4.78, 5) is 23.1. The van der Waals surface area contributed by atoms with Gasteiger partial charge in [-0.1, -0.05) is 12.1 Å². The number of hydrogen-bond acceptors (Lipinski definition) is 3. The van der Waals surface area contributed by atoms with E-state index in [4.69, 9.17) is 10.5 Å². The van der Waals surface area contributed by atoms with E-state index in [0.717, 1.165) is 9.13 Å². The molecule has 3 N–H and O–H groups in total. The van der Waals surface area contributed by atoms with Gasteiger partial charge in [0.2, 0.25) is 11.8 Å². The summed E-state index contributed by atoms with van der Waals surface area (Å²) >= 11 is 2.20. The van der Waals surface area contributed by atoms with Crippen LogP contribution in [0.3, 0.4) is 0 Å². The van der Waals surface area contributed by atoms with Gasteiger partial charge in [0.05, 0.1) is 6.61 Å². The van der Waals surface area contributed by atoms with Crippen molar-refractivity contribution in [2.24, 2.45) is 5.73 Å². The highest BCUT2D eigenvalue weighted by molar-refractivity contribution is 14.1. The van der Waals surface area contributed by atoms with Gasteiger partial charge in [-0.2, -0.15) is 0 Å². The quantitative estimate of drug-likeness (QED) is 0.722. The molecule has 19 heavy (non-hydrogen) atoms. The Morgan fingerprint density at radius 1 is 1.37 bits per heavy atom. The molecule has 0 bridgehead atoms. The molecule has 0 unspecified atom stereocenters. The summed E-state index contributed by atoms with van der Waals surface area (Å²) in [5.41, 5.74) is 5.14. The number of carbonyl (C=O) groups is 2. The van der Waals surface area contributed by atoms with Crippen molar-refractivity contribution >= 4 is 34.4 Å². The number of hydrogen-bond donors (Lipinski definition) is 2. The standard InChI is InChI=1S/C13H17IN2O3/c1-9(17)16-13(8-19-2,12(15)18)7-10-3-5-11(14)6-4-10/h3-6H,7-8H2,1-2H3,(H2,15,18)(H,16,17)/t13-/m1/s1. The van der Waals surface area contributed by atoms with Gasteiger partial charge in [0, 0.05) is 24.0 Å². The lowest BCUT2D eigenvalue weighted by Crippen LogP contribution is -2.61. The second kappa shape index (κ2) is 6.85. The Labute approximate surface area is 126 Å². The van der Waals surface area contributed by atoms with Crippen LogP contribution >= 0.6 is 22.6 Å². The van der Waals surface area contributed by atoms with Gasteiger partial charge in [-0.3, -0.25) is 9.59 Å². The lowest BCUT2D eigenvalue weighted by molar-refractivity contribution is -0.132. The van der Waals surface area contributed by atoms with Crippen LogP contribution in [0.4, 0.5) is 0 Å². The third kappa shape index (κ3) is 4.46. The maximum absolute atomic E-state index is 11.7. The van der Waals surface area contributed by atoms with E-state index in [1.54, 1.807) is 0 Å². The third-order valence-electron chi connectivity index (χ3n) is 2.70. The minimum absolute atomic E-state index is 0.0356. The molecule has 0 radical (unpaired) electrons. The highest BCUT2D eigenvalue weighted by atomic mass is 127. The molecule has 5 nitrogen and oxygen atoms in total. The van der Waals surface area contributed by atoms with Crippen LogP contribution in [0.1, 0.15) is 12.5 Å². The Morgan fingerprint density at radius 3 is 2.37 bits per heavy atom. The van der Waals surface area contributed by atoms with E-state index in [1.807, 2.05) is 24.3 Å². The van der Waals surface area contributed by atoms with Crippen LogP contribution in [0, 0.1) is 3.57 Å². The van der Waals surface area contributed by atoms with Crippen LogP contribution in [0.5, 0.6) is 0 Å². The molecule has 1 aromatic carbocycles. The molecule has 0 aliphatic heterocycles. The molecule has 1 rings (SSSR count). The first-order chi connectivity index (χ1) is 8.89. The maximum Gasteiger partial charge on any atom is 0.245 e. The van der Waals surface area contributed by atoms with Crippen LogP contribution in [-0.2, 0) is 20.7 Å². The smallest absolute Gasteiger partial charge is 0.245 e. The summed E-state index contributed by atoms with van der Waals surface area (Å²) < 4.78 is 6.14. The molecule has 0 aromatic heterocycles. The normalized spacial score (nSPS) is 13.6. The Hall–Kier alpha value is -1.15. The molecule has 0 spiro atoms. The topological polar surface area (TPSA) is 81.4 Å². The molecule has 0 fully saturated rings. The average molecular weight is 376 g/mol. The predicted octanol–water partition coefficient (Wildman–Crippen LogP) is 0.840. The molecule has 0 saturated heterocycles. The Morgan fingerprint density at radius 2 is 1.95 bits per heavy atom. The zero-order valence-electron chi connectivity index (χ0n) is 10.9. The van der Waals surface area contributed by atoms with E-state index < -0.39 is 11.4 Å². The van der Waals surface area contributed by atoms with Crippen LogP contribution < -0.4 is 11.1 Å². The zero-order valence-corrected chi connectivity index (χ0v) is 13.1. The van der Waals surface area contributed by atoms with E-state index in [2.05, 4.69) is 27.9 Å². The number of primary amides is 1. The summed E-state index contributed by atoms with van der Waals surface area (Å²) in [5, 5.41) is 2.62. The van der Waals surface area contributed by atoms with Crippen molar-refractivity contribution in [3.05, 3.63) is 33.4 Å². The number of amides is 2. The molecule has 0 aliphatic carbocycles. The Kier molecular flexibility index (Phi) is 5.74. The van der Waals surface area contributed by atoms with Crippen molar-refractivity contribution in [1.82, 2.24) is 5.32 Å². The van der Waals surface area contributed by atoms with E-state index in [0.29, 0.717) is 6.42 Å². The summed E-state index contributed by atoms with van der Waals surface area (Å²) in [6.07, 6.45) is 0.298. The third-order valence-corrected chi connectivity index (χ3v) is 3.42. The highest BCUT2D eigenvalue weighted by Gasteiger charge is 2.37. The minimum Gasteiger partial charge on any atom is -0.382 e. The van der Waals surface area contributed by atoms with Gasteiger partial charge in [0.15, 0.2) is 0 Å². The molecule has 104 valence electrons. The molecular formula is C13H17IN2O3. The number of carbonyl (C=O) groups excluding carboxylic acids is 2. The number of rotatable bonds is 6. The Bertz CT molecular complexity index is 461. The SMILES string of the molecule is COC[C@@](Cc1ccc(I)cc1)(NC(C)=O)C(N)=O. The van der Waals surface area contributed by atoms with Crippen LogP contribution in [-0.4, -0.2) is 31.1 Å². The van der Waals surface area contributed by atoms with Crippen molar-refractivity contribution in [2.75, 3.05) is 13.7 Å². The molecule has 0 heterocycles. The molecular weight excluding hydrogens is 359 g/mol. The number of ether oxygens (including phenoxy) is 1. The molecule has 2 amide bonds. The Balaban J connectivity index is 3.04. The maximum atomic E-state index is 11.7. The van der Waals surface area contributed by atoms with E-state index in [9.17, 15) is 9.59 Å². The lowest BCUT2D eigenvalue weighted by atomic mass is 9.90. The number of halogens is 1. The predicted molar refractivity (Wildman–Crippen MR) is 80.5 cm³/mol. The molecule has 1 atom stereocenters. The van der Waals surface area contributed by atoms with Gasteiger partial charge in [0.25, 0.3) is 0 Å². The van der Waals surface area contributed by atoms with Gasteiger partial charge in [-0.25, -0.2) is 0 Å². The molecule has 0 aliphatic rings. The zero-order chi connectivity index (χ0) is 14.5. The van der Waals surface area contributed by atoms with Crippen molar-refractivity contribution in [2.45, 2.75) is 18.9 Å². The fourth-order valence-electron chi connectivity index (χ4n) is 1.89. The fraction of sp³-hybridized carbons (Fsp3) is 0.385. The number of nitrogens with one attached hydrogen (secondary N) is 1. The highest BCUT2D eigenvalue weighted by Crippen LogP contribution is 2.16. The van der Waals surface area contributed by atoms with Crippen molar-refractivity contribution in [3.8, 4) is 0 Å². The largest absolute Gasteiger partial charge is 0.382 e. The lowest BCUT2D eigenvalue weighted by Gasteiger charge is -2.30. The molecule has 6 heteroatoms. The number of methoxy groups -OCH3 is 1. The first-order valence-electron chi connectivity index (χ1n) is 5.71. The second-order valence-electron chi connectivity index (χ2n) is 4.36. The summed E-state index contributed by atoms with van der Waals surface area (Å²) in [7, 11) is 1.47. The van der Waals surface area contributed by atoms with Crippen LogP contribution in [0.25, 0.3) is 0 Å². The second-order valence-corrected chi connectivity index (χ2v) is 5.61. The number of nitrogens with two attached hydrogens (primary N) is 1. The molecule has 0 saturated carbocycles. The van der Waals surface area contributed by atoms with Gasteiger partial charge in [-0.05, 0) is 40.3 Å². The summed E-state index contributed by atoms with van der Waals surface area (Å²) in [6, 6.07) is 7.66. The van der Waals surface area contributed by atoms with Gasteiger partial charge in [0.1, 0.15) is 5.54 Å². The van der Waals surface area contributed by atoms with E-state index >= 15 is 0 Å². The summed E-state index contributed by atoms with van der Waals surface area (Å²) in [5.74, 6) is -0.926. The first-order valence-corrected chi connectivity index (χ1v) is 6.79. The van der Waals surface area contributed by atoms with Gasteiger partial charge < -0.3 is 15.8 Å². The molecule has 1 aromatic rings. The van der Waals surface area contributed by atoms with Crippen molar-refractivity contribution < 1.29 is 14.3 Å². The van der Waals surface area contributed by atoms with E-state index in [1.165, 1.54) is 14.0 Å². The van der Waals surface area contributed by atoms with Gasteiger partial charge in [-0.15, -0.1) is 0 Å².